The Morgan fingerprint density at radius 2 is 1.59 bits per heavy atom. The fourth-order valence-electron chi connectivity index (χ4n) is 2.08. The SMILES string of the molecule is Fc1c(F)c(C2CCCNC2)c(F)c(F)c1Cl. The summed E-state index contributed by atoms with van der Waals surface area (Å²) in [4.78, 5) is 0. The van der Waals surface area contributed by atoms with E-state index in [0.717, 1.165) is 6.54 Å². The van der Waals surface area contributed by atoms with Crippen LogP contribution in [-0.2, 0) is 0 Å². The molecule has 1 nitrogen and oxygen atoms in total. The summed E-state index contributed by atoms with van der Waals surface area (Å²) in [6.07, 6.45) is 1.19. The van der Waals surface area contributed by atoms with Crippen molar-refractivity contribution >= 4 is 11.6 Å². The van der Waals surface area contributed by atoms with Crippen molar-refractivity contribution in [2.75, 3.05) is 13.1 Å². The van der Waals surface area contributed by atoms with Crippen LogP contribution in [0.15, 0.2) is 0 Å². The molecule has 0 aliphatic carbocycles. The van der Waals surface area contributed by atoms with Crippen molar-refractivity contribution in [3.63, 3.8) is 0 Å². The molecule has 0 saturated carbocycles. The number of nitrogens with one attached hydrogen (secondary N) is 1. The van der Waals surface area contributed by atoms with Crippen molar-refractivity contribution in [2.24, 2.45) is 0 Å². The first-order valence-corrected chi connectivity index (χ1v) is 5.64. The third-order valence-electron chi connectivity index (χ3n) is 2.95. The van der Waals surface area contributed by atoms with E-state index in [0.29, 0.717) is 19.4 Å². The third-order valence-corrected chi connectivity index (χ3v) is 3.28. The van der Waals surface area contributed by atoms with Crippen molar-refractivity contribution in [1.29, 1.82) is 0 Å². The zero-order valence-electron chi connectivity index (χ0n) is 8.80. The lowest BCUT2D eigenvalue weighted by Gasteiger charge is -2.24. The maximum atomic E-state index is 13.6. The Morgan fingerprint density at radius 1 is 1.00 bits per heavy atom. The van der Waals surface area contributed by atoms with E-state index >= 15 is 0 Å². The number of hydrogen-bond acceptors (Lipinski definition) is 1. The lowest BCUT2D eigenvalue weighted by Crippen LogP contribution is -2.30. The van der Waals surface area contributed by atoms with Crippen LogP contribution in [0.1, 0.15) is 24.3 Å². The Kier molecular flexibility index (Phi) is 3.58. The van der Waals surface area contributed by atoms with Gasteiger partial charge in [-0.05, 0) is 19.4 Å². The molecular formula is C11H10ClF4N. The molecule has 1 aromatic carbocycles. The number of hydrogen-bond donors (Lipinski definition) is 1. The first kappa shape index (κ1) is 12.6. The molecule has 1 heterocycles. The molecule has 0 aromatic heterocycles. The summed E-state index contributed by atoms with van der Waals surface area (Å²) >= 11 is 5.15. The highest BCUT2D eigenvalue weighted by Gasteiger charge is 2.29. The predicted octanol–water partition coefficient (Wildman–Crippen LogP) is 3.36. The van der Waals surface area contributed by atoms with Gasteiger partial charge in [0.05, 0.1) is 0 Å². The molecule has 0 bridgehead atoms. The predicted molar refractivity (Wildman–Crippen MR) is 56.1 cm³/mol. The molecule has 1 saturated heterocycles. The lowest BCUT2D eigenvalue weighted by atomic mass is 9.90. The van der Waals surface area contributed by atoms with Gasteiger partial charge in [-0.3, -0.25) is 0 Å². The van der Waals surface area contributed by atoms with Crippen LogP contribution in [0.4, 0.5) is 17.6 Å². The van der Waals surface area contributed by atoms with Gasteiger partial charge in [-0.1, -0.05) is 11.6 Å². The normalized spacial score (nSPS) is 20.6. The fourth-order valence-corrected chi connectivity index (χ4v) is 2.24. The van der Waals surface area contributed by atoms with E-state index in [4.69, 9.17) is 11.6 Å². The summed E-state index contributed by atoms with van der Waals surface area (Å²) < 4.78 is 53.7. The molecule has 1 unspecified atom stereocenters. The molecule has 2 rings (SSSR count). The molecule has 0 amide bonds. The average Bonchev–Trinajstić information content (AvgIpc) is 2.36. The lowest BCUT2D eigenvalue weighted by molar-refractivity contribution is 0.392. The summed E-state index contributed by atoms with van der Waals surface area (Å²) in [5, 5.41) is 1.80. The highest BCUT2D eigenvalue weighted by atomic mass is 35.5. The molecule has 6 heteroatoms. The van der Waals surface area contributed by atoms with Crippen molar-refractivity contribution < 1.29 is 17.6 Å². The van der Waals surface area contributed by atoms with Gasteiger partial charge in [-0.25, -0.2) is 17.6 Å². The molecule has 17 heavy (non-hydrogen) atoms. The van der Waals surface area contributed by atoms with Crippen LogP contribution in [-0.4, -0.2) is 13.1 Å². The molecule has 1 N–H and O–H groups in total. The summed E-state index contributed by atoms with van der Waals surface area (Å²) in [5.74, 6) is -6.38. The molecule has 1 aliphatic heterocycles. The van der Waals surface area contributed by atoms with E-state index in [-0.39, 0.29) is 0 Å². The number of benzene rings is 1. The molecule has 1 aliphatic rings. The Labute approximate surface area is 101 Å². The van der Waals surface area contributed by atoms with Crippen LogP contribution in [0, 0.1) is 23.3 Å². The second-order valence-electron chi connectivity index (χ2n) is 4.03. The van der Waals surface area contributed by atoms with Gasteiger partial charge in [0, 0.05) is 18.0 Å². The topological polar surface area (TPSA) is 12.0 Å². The minimum absolute atomic E-state index is 0.300. The summed E-state index contributed by atoms with van der Waals surface area (Å²) in [6.45, 7) is 1.03. The van der Waals surface area contributed by atoms with Crippen LogP contribution >= 0.6 is 11.6 Å². The Hall–Kier alpha value is -0.810. The van der Waals surface area contributed by atoms with Crippen molar-refractivity contribution in [3.8, 4) is 0 Å². The second kappa shape index (κ2) is 4.82. The quantitative estimate of drug-likeness (QED) is 0.467. The van der Waals surface area contributed by atoms with E-state index in [1.165, 1.54) is 0 Å². The van der Waals surface area contributed by atoms with Gasteiger partial charge in [-0.15, -0.1) is 0 Å². The van der Waals surface area contributed by atoms with Gasteiger partial charge in [0.15, 0.2) is 23.3 Å². The molecule has 94 valence electrons. The monoisotopic (exact) mass is 267 g/mol. The Bertz CT molecular complexity index is 415. The minimum atomic E-state index is -1.52. The molecule has 1 aromatic rings. The van der Waals surface area contributed by atoms with Crippen LogP contribution < -0.4 is 5.32 Å². The van der Waals surface area contributed by atoms with Gasteiger partial charge in [0.2, 0.25) is 0 Å². The highest BCUT2D eigenvalue weighted by Crippen LogP contribution is 2.34. The van der Waals surface area contributed by atoms with Crippen molar-refractivity contribution in [3.05, 3.63) is 33.9 Å². The van der Waals surface area contributed by atoms with E-state index in [1.807, 2.05) is 0 Å². The van der Waals surface area contributed by atoms with Gasteiger partial charge >= 0.3 is 0 Å². The van der Waals surface area contributed by atoms with Gasteiger partial charge < -0.3 is 5.32 Å². The van der Waals surface area contributed by atoms with E-state index in [9.17, 15) is 17.6 Å². The molecule has 1 atom stereocenters. The fraction of sp³-hybridized carbons (Fsp3) is 0.455. The Balaban J connectivity index is 2.52. The summed E-state index contributed by atoms with van der Waals surface area (Å²) in [6, 6.07) is 0. The zero-order chi connectivity index (χ0) is 12.6. The molecular weight excluding hydrogens is 258 g/mol. The highest BCUT2D eigenvalue weighted by molar-refractivity contribution is 6.30. The summed E-state index contributed by atoms with van der Waals surface area (Å²) in [5.41, 5.74) is -0.545. The van der Waals surface area contributed by atoms with Crippen molar-refractivity contribution in [2.45, 2.75) is 18.8 Å². The number of halogens is 5. The number of piperidine rings is 1. The van der Waals surface area contributed by atoms with E-state index in [2.05, 4.69) is 5.32 Å². The maximum Gasteiger partial charge on any atom is 0.180 e. The maximum absolute atomic E-state index is 13.6. The van der Waals surface area contributed by atoms with Crippen molar-refractivity contribution in [1.82, 2.24) is 5.32 Å². The molecule has 1 fully saturated rings. The first-order chi connectivity index (χ1) is 8.04. The molecule has 0 spiro atoms. The first-order valence-electron chi connectivity index (χ1n) is 5.26. The second-order valence-corrected chi connectivity index (χ2v) is 4.40. The van der Waals surface area contributed by atoms with Gasteiger partial charge in [0.25, 0.3) is 0 Å². The van der Waals surface area contributed by atoms with Crippen LogP contribution in [0.25, 0.3) is 0 Å². The smallest absolute Gasteiger partial charge is 0.180 e. The van der Waals surface area contributed by atoms with Crippen LogP contribution in [0.5, 0.6) is 0 Å². The van der Waals surface area contributed by atoms with E-state index < -0.39 is 39.8 Å². The van der Waals surface area contributed by atoms with Gasteiger partial charge in [0.1, 0.15) is 5.02 Å². The Morgan fingerprint density at radius 3 is 2.06 bits per heavy atom. The minimum Gasteiger partial charge on any atom is -0.316 e. The van der Waals surface area contributed by atoms with Gasteiger partial charge in [-0.2, -0.15) is 0 Å². The van der Waals surface area contributed by atoms with Crippen LogP contribution in [0.2, 0.25) is 5.02 Å². The zero-order valence-corrected chi connectivity index (χ0v) is 9.55. The largest absolute Gasteiger partial charge is 0.316 e. The number of rotatable bonds is 1. The summed E-state index contributed by atoms with van der Waals surface area (Å²) in [7, 11) is 0. The standard InChI is InChI=1S/C11H10ClF4N/c12-7-10(15)8(13)6(9(14)11(7)16)5-2-1-3-17-4-5/h5,17H,1-4H2. The average molecular weight is 268 g/mol. The molecule has 0 radical (unpaired) electrons. The third kappa shape index (κ3) is 2.13. The van der Waals surface area contributed by atoms with E-state index in [1.54, 1.807) is 0 Å². The van der Waals surface area contributed by atoms with Crippen LogP contribution in [0.3, 0.4) is 0 Å².